The fraction of sp³-hybridized carbons (Fsp3) is 0.500. The highest BCUT2D eigenvalue weighted by Gasteiger charge is 2.33. The summed E-state index contributed by atoms with van der Waals surface area (Å²) in [6, 6.07) is 7.51. The maximum atomic E-state index is 12.1. The van der Waals surface area contributed by atoms with Gasteiger partial charge in [-0.25, -0.2) is 4.79 Å². The van der Waals surface area contributed by atoms with Crippen LogP contribution in [0.3, 0.4) is 0 Å². The number of aliphatic carboxylic acids is 1. The van der Waals surface area contributed by atoms with Crippen molar-refractivity contribution in [3.8, 4) is 0 Å². The van der Waals surface area contributed by atoms with Crippen LogP contribution in [0, 0.1) is 0 Å². The standard InChI is InChI=1S/C16H21NO3/c1-3-16(2,15(19)20)17-14(18)13-9-7-12(8-10-13)11-5-4-6-11/h7-11H,3-6H2,1-2H3,(H,17,18)(H,19,20). The van der Waals surface area contributed by atoms with E-state index >= 15 is 0 Å². The van der Waals surface area contributed by atoms with Crippen LogP contribution in [0.1, 0.15) is 61.4 Å². The lowest BCUT2D eigenvalue weighted by atomic mass is 9.80. The first-order chi connectivity index (χ1) is 9.46. The predicted octanol–water partition coefficient (Wildman–Crippen LogP) is 2.94. The molecule has 1 aromatic carbocycles. The number of rotatable bonds is 5. The molecule has 0 radical (unpaired) electrons. The minimum atomic E-state index is -1.22. The van der Waals surface area contributed by atoms with E-state index in [0.29, 0.717) is 17.9 Å². The Balaban J connectivity index is 2.07. The van der Waals surface area contributed by atoms with Crippen LogP contribution in [0.2, 0.25) is 0 Å². The zero-order valence-electron chi connectivity index (χ0n) is 12.0. The first-order valence-corrected chi connectivity index (χ1v) is 7.12. The number of carbonyl (C=O) groups excluding carboxylic acids is 1. The van der Waals surface area contributed by atoms with Crippen LogP contribution in [-0.4, -0.2) is 22.5 Å². The average Bonchev–Trinajstić information content (AvgIpc) is 2.37. The maximum absolute atomic E-state index is 12.1. The van der Waals surface area contributed by atoms with Crippen LogP contribution in [-0.2, 0) is 4.79 Å². The highest BCUT2D eigenvalue weighted by atomic mass is 16.4. The van der Waals surface area contributed by atoms with Gasteiger partial charge in [-0.15, -0.1) is 0 Å². The molecule has 0 spiro atoms. The third kappa shape index (κ3) is 2.84. The molecule has 2 N–H and O–H groups in total. The van der Waals surface area contributed by atoms with Crippen molar-refractivity contribution in [2.24, 2.45) is 0 Å². The summed E-state index contributed by atoms with van der Waals surface area (Å²) in [5.41, 5.74) is 0.558. The van der Waals surface area contributed by atoms with Crippen molar-refractivity contribution >= 4 is 11.9 Å². The van der Waals surface area contributed by atoms with E-state index in [-0.39, 0.29) is 5.91 Å². The smallest absolute Gasteiger partial charge is 0.329 e. The van der Waals surface area contributed by atoms with Gasteiger partial charge in [0.05, 0.1) is 0 Å². The molecule has 0 aromatic heterocycles. The molecule has 0 aliphatic heterocycles. The molecule has 0 heterocycles. The van der Waals surface area contributed by atoms with Crippen molar-refractivity contribution in [2.75, 3.05) is 0 Å². The van der Waals surface area contributed by atoms with E-state index in [9.17, 15) is 9.59 Å². The Kier molecular flexibility index (Phi) is 4.12. The molecule has 4 heteroatoms. The molecule has 2 rings (SSSR count). The van der Waals surface area contributed by atoms with Gasteiger partial charge in [0, 0.05) is 5.56 Å². The topological polar surface area (TPSA) is 66.4 Å². The Morgan fingerprint density at radius 1 is 1.30 bits per heavy atom. The highest BCUT2D eigenvalue weighted by molar-refractivity contribution is 5.97. The lowest BCUT2D eigenvalue weighted by Gasteiger charge is -2.26. The minimum absolute atomic E-state index is 0.336. The largest absolute Gasteiger partial charge is 0.480 e. The van der Waals surface area contributed by atoms with Crippen LogP contribution in [0.15, 0.2) is 24.3 Å². The number of benzene rings is 1. The molecule has 1 aliphatic rings. The van der Waals surface area contributed by atoms with Gasteiger partial charge < -0.3 is 10.4 Å². The highest BCUT2D eigenvalue weighted by Crippen LogP contribution is 2.36. The average molecular weight is 275 g/mol. The number of carboxylic acid groups (broad SMARTS) is 1. The van der Waals surface area contributed by atoms with E-state index in [1.54, 1.807) is 19.1 Å². The number of nitrogens with one attached hydrogen (secondary N) is 1. The van der Waals surface area contributed by atoms with Crippen molar-refractivity contribution in [2.45, 2.75) is 51.0 Å². The number of hydrogen-bond donors (Lipinski definition) is 2. The normalized spacial score (nSPS) is 17.9. The molecule has 108 valence electrons. The van der Waals surface area contributed by atoms with Crippen molar-refractivity contribution in [3.05, 3.63) is 35.4 Å². The summed E-state index contributed by atoms with van der Waals surface area (Å²) in [6.07, 6.45) is 4.06. The third-order valence-electron chi connectivity index (χ3n) is 4.32. The number of carbonyl (C=O) groups is 2. The first kappa shape index (κ1) is 14.6. The third-order valence-corrected chi connectivity index (χ3v) is 4.32. The van der Waals surface area contributed by atoms with Gasteiger partial charge in [-0.1, -0.05) is 25.5 Å². The van der Waals surface area contributed by atoms with Crippen LogP contribution < -0.4 is 5.32 Å². The Morgan fingerprint density at radius 3 is 2.30 bits per heavy atom. The van der Waals surface area contributed by atoms with Gasteiger partial charge in [0.15, 0.2) is 0 Å². The maximum Gasteiger partial charge on any atom is 0.329 e. The van der Waals surface area contributed by atoms with E-state index in [1.165, 1.54) is 31.7 Å². The SMILES string of the molecule is CCC(C)(NC(=O)c1ccc(C2CCC2)cc1)C(=O)O. The van der Waals surface area contributed by atoms with Crippen molar-refractivity contribution in [1.29, 1.82) is 0 Å². The van der Waals surface area contributed by atoms with E-state index in [4.69, 9.17) is 5.11 Å². The molecule has 1 atom stereocenters. The van der Waals surface area contributed by atoms with Gasteiger partial charge in [-0.3, -0.25) is 4.79 Å². The van der Waals surface area contributed by atoms with E-state index < -0.39 is 11.5 Å². The summed E-state index contributed by atoms with van der Waals surface area (Å²) in [5, 5.41) is 11.8. The van der Waals surface area contributed by atoms with Gasteiger partial charge in [0.25, 0.3) is 5.91 Å². The second-order valence-electron chi connectivity index (χ2n) is 5.69. The lowest BCUT2D eigenvalue weighted by molar-refractivity contribution is -0.143. The molecule has 1 aromatic rings. The monoisotopic (exact) mass is 275 g/mol. The quantitative estimate of drug-likeness (QED) is 0.868. The molecule has 0 saturated heterocycles. The summed E-state index contributed by atoms with van der Waals surface area (Å²) >= 11 is 0. The lowest BCUT2D eigenvalue weighted by Crippen LogP contribution is -2.51. The Morgan fingerprint density at radius 2 is 1.90 bits per heavy atom. The molecular weight excluding hydrogens is 254 g/mol. The van der Waals surface area contributed by atoms with Gasteiger partial charge in [-0.05, 0) is 49.8 Å². The van der Waals surface area contributed by atoms with Crippen LogP contribution >= 0.6 is 0 Å². The summed E-state index contributed by atoms with van der Waals surface area (Å²) in [7, 11) is 0. The number of hydrogen-bond acceptors (Lipinski definition) is 2. The number of amides is 1. The minimum Gasteiger partial charge on any atom is -0.480 e. The molecule has 1 aliphatic carbocycles. The van der Waals surface area contributed by atoms with E-state index in [0.717, 1.165) is 0 Å². The molecule has 20 heavy (non-hydrogen) atoms. The van der Waals surface area contributed by atoms with Gasteiger partial charge >= 0.3 is 5.97 Å². The van der Waals surface area contributed by atoms with Crippen LogP contribution in [0.5, 0.6) is 0 Å². The molecule has 0 bridgehead atoms. The van der Waals surface area contributed by atoms with Gasteiger partial charge in [0.1, 0.15) is 5.54 Å². The van der Waals surface area contributed by atoms with Crippen molar-refractivity contribution < 1.29 is 14.7 Å². The summed E-state index contributed by atoms with van der Waals surface area (Å²) in [4.78, 5) is 23.3. The van der Waals surface area contributed by atoms with Crippen LogP contribution in [0.25, 0.3) is 0 Å². The number of carboxylic acids is 1. The van der Waals surface area contributed by atoms with Crippen molar-refractivity contribution in [1.82, 2.24) is 5.32 Å². The fourth-order valence-electron chi connectivity index (χ4n) is 2.26. The predicted molar refractivity (Wildman–Crippen MR) is 76.8 cm³/mol. The Labute approximate surface area is 119 Å². The molecule has 1 saturated carbocycles. The summed E-state index contributed by atoms with van der Waals surface area (Å²) in [6.45, 7) is 3.27. The van der Waals surface area contributed by atoms with Crippen LogP contribution in [0.4, 0.5) is 0 Å². The fourth-order valence-corrected chi connectivity index (χ4v) is 2.26. The van der Waals surface area contributed by atoms with E-state index in [2.05, 4.69) is 5.32 Å². The Bertz CT molecular complexity index is 505. The second-order valence-corrected chi connectivity index (χ2v) is 5.69. The molecule has 1 amide bonds. The van der Waals surface area contributed by atoms with Gasteiger partial charge in [-0.2, -0.15) is 0 Å². The molecular formula is C16H21NO3. The molecule has 1 unspecified atom stereocenters. The van der Waals surface area contributed by atoms with E-state index in [1.807, 2.05) is 12.1 Å². The van der Waals surface area contributed by atoms with Gasteiger partial charge in [0.2, 0.25) is 0 Å². The first-order valence-electron chi connectivity index (χ1n) is 7.12. The Hall–Kier alpha value is -1.84. The summed E-state index contributed by atoms with van der Waals surface area (Å²) in [5.74, 6) is -0.719. The zero-order valence-corrected chi connectivity index (χ0v) is 12.0. The van der Waals surface area contributed by atoms with Crippen molar-refractivity contribution in [3.63, 3.8) is 0 Å². The molecule has 4 nitrogen and oxygen atoms in total. The molecule has 1 fully saturated rings. The second kappa shape index (κ2) is 5.65. The summed E-state index contributed by atoms with van der Waals surface area (Å²) < 4.78 is 0. The zero-order chi connectivity index (χ0) is 14.8.